The summed E-state index contributed by atoms with van der Waals surface area (Å²) in [6, 6.07) is 11.2. The predicted octanol–water partition coefficient (Wildman–Crippen LogP) is 1.74. The predicted molar refractivity (Wildman–Crippen MR) is 62.7 cm³/mol. The summed E-state index contributed by atoms with van der Waals surface area (Å²) < 4.78 is 5.77. The second-order valence-corrected chi connectivity index (χ2v) is 6.58. The molecule has 0 saturated heterocycles. The van der Waals surface area contributed by atoms with Crippen LogP contribution in [0.25, 0.3) is 0 Å². The van der Waals surface area contributed by atoms with Gasteiger partial charge in [0.2, 0.25) is 0 Å². The molecular weight excluding hydrogens is 190 g/mol. The van der Waals surface area contributed by atoms with Crippen molar-refractivity contribution in [3.63, 3.8) is 0 Å². The Morgan fingerprint density at radius 2 is 1.86 bits per heavy atom. The van der Waals surface area contributed by atoms with Crippen molar-refractivity contribution in [2.45, 2.75) is 26.3 Å². The third-order valence-electron chi connectivity index (χ3n) is 2.29. The van der Waals surface area contributed by atoms with Gasteiger partial charge in [0, 0.05) is 6.61 Å². The van der Waals surface area contributed by atoms with Crippen molar-refractivity contribution in [3.8, 4) is 0 Å². The summed E-state index contributed by atoms with van der Waals surface area (Å²) in [6.07, 6.45) is 1.08. The molecule has 1 aromatic rings. The van der Waals surface area contributed by atoms with Gasteiger partial charge >= 0.3 is 0 Å². The molecule has 1 atom stereocenters. The van der Waals surface area contributed by atoms with Gasteiger partial charge in [-0.05, 0) is 18.2 Å². The lowest BCUT2D eigenvalue weighted by Gasteiger charge is -2.25. The van der Waals surface area contributed by atoms with Gasteiger partial charge in [0.05, 0.1) is 0 Å². The second-order valence-electron chi connectivity index (χ2n) is 3.44. The number of rotatable bonds is 5. The third kappa shape index (κ3) is 2.67. The van der Waals surface area contributed by atoms with Crippen molar-refractivity contribution in [2.75, 3.05) is 6.61 Å². The summed E-state index contributed by atoms with van der Waals surface area (Å²) in [6.45, 7) is 4.86. The molecule has 0 aliphatic carbocycles. The summed E-state index contributed by atoms with van der Waals surface area (Å²) in [5.41, 5.74) is 0. The lowest BCUT2D eigenvalue weighted by Crippen LogP contribution is -2.59. The van der Waals surface area contributed by atoms with Crippen molar-refractivity contribution < 1.29 is 4.43 Å². The number of nitrogens with two attached hydrogens (primary N) is 1. The fourth-order valence-electron chi connectivity index (χ4n) is 1.65. The van der Waals surface area contributed by atoms with E-state index in [9.17, 15) is 0 Å². The molecule has 0 aliphatic rings. The summed E-state index contributed by atoms with van der Waals surface area (Å²) in [4.78, 5) is 0. The molecule has 3 heteroatoms. The maximum Gasteiger partial charge on any atom is 0.299 e. The molecule has 1 unspecified atom stereocenters. The highest BCUT2D eigenvalue weighted by Gasteiger charge is 2.31. The molecule has 2 nitrogen and oxygen atoms in total. The average molecular weight is 209 g/mol. The minimum absolute atomic E-state index is 0.706. The largest absolute Gasteiger partial charge is 0.400 e. The summed E-state index contributed by atoms with van der Waals surface area (Å²) in [5.74, 6) is 0. The van der Waals surface area contributed by atoms with Crippen LogP contribution in [-0.4, -0.2) is 15.1 Å². The van der Waals surface area contributed by atoms with E-state index in [-0.39, 0.29) is 0 Å². The smallest absolute Gasteiger partial charge is 0.299 e. The van der Waals surface area contributed by atoms with E-state index in [0.29, 0.717) is 6.61 Å². The molecule has 0 bridgehead atoms. The van der Waals surface area contributed by atoms with Crippen LogP contribution in [0.4, 0.5) is 0 Å². The Morgan fingerprint density at radius 1 is 1.21 bits per heavy atom. The summed E-state index contributed by atoms with van der Waals surface area (Å²) >= 11 is 0. The summed E-state index contributed by atoms with van der Waals surface area (Å²) in [7, 11) is -2.13. The maximum absolute atomic E-state index is 6.36. The first kappa shape index (κ1) is 11.4. The highest BCUT2D eigenvalue weighted by molar-refractivity contribution is 6.83. The Hall–Kier alpha value is -0.643. The zero-order valence-electron chi connectivity index (χ0n) is 8.99. The van der Waals surface area contributed by atoms with Gasteiger partial charge in [-0.2, -0.15) is 0 Å². The van der Waals surface area contributed by atoms with E-state index in [1.165, 1.54) is 5.19 Å². The van der Waals surface area contributed by atoms with Gasteiger partial charge in [-0.25, -0.2) is 0 Å². The molecule has 1 aromatic carbocycles. The van der Waals surface area contributed by atoms with Crippen molar-refractivity contribution >= 4 is 13.7 Å². The highest BCUT2D eigenvalue weighted by Crippen LogP contribution is 2.08. The number of hydrogen-bond acceptors (Lipinski definition) is 2. The molecule has 0 fully saturated rings. The van der Waals surface area contributed by atoms with Gasteiger partial charge in [0.1, 0.15) is 0 Å². The average Bonchev–Trinajstić information content (AvgIpc) is 2.20. The Kier molecular flexibility index (Phi) is 4.32. The van der Waals surface area contributed by atoms with E-state index in [1.54, 1.807) is 0 Å². The topological polar surface area (TPSA) is 35.2 Å². The van der Waals surface area contributed by atoms with Crippen LogP contribution in [0.1, 0.15) is 20.3 Å². The summed E-state index contributed by atoms with van der Waals surface area (Å²) in [5, 5.41) is 7.55. The molecule has 1 rings (SSSR count). The van der Waals surface area contributed by atoms with Crippen LogP contribution in [0.15, 0.2) is 30.3 Å². The van der Waals surface area contributed by atoms with Gasteiger partial charge in [0.15, 0.2) is 0 Å². The standard InChI is InChI=1S/C11H19NOSi/c1-3-10-14(12,13-4-2)11-8-6-5-7-9-11/h5-9H,3-4,10,12H2,1-2H3. The molecule has 0 saturated carbocycles. The van der Waals surface area contributed by atoms with Crippen LogP contribution in [0.3, 0.4) is 0 Å². The maximum atomic E-state index is 6.36. The Morgan fingerprint density at radius 3 is 2.36 bits per heavy atom. The fraction of sp³-hybridized carbons (Fsp3) is 0.455. The molecule has 78 valence electrons. The first-order valence-corrected chi connectivity index (χ1v) is 7.40. The van der Waals surface area contributed by atoms with Gasteiger partial charge in [-0.1, -0.05) is 43.7 Å². The molecule has 0 aromatic heterocycles. The Labute approximate surface area is 87.3 Å². The van der Waals surface area contributed by atoms with Gasteiger partial charge in [-0.15, -0.1) is 0 Å². The van der Waals surface area contributed by atoms with E-state index in [4.69, 9.17) is 9.83 Å². The SMILES string of the molecule is CCC[Si](N)(OCC)c1ccccc1. The lowest BCUT2D eigenvalue weighted by atomic mass is 10.4. The zero-order chi connectivity index (χ0) is 10.4. The molecule has 2 N–H and O–H groups in total. The van der Waals surface area contributed by atoms with Crippen LogP contribution in [0.5, 0.6) is 0 Å². The number of hydrogen-bond donors (Lipinski definition) is 1. The van der Waals surface area contributed by atoms with Gasteiger partial charge in [0.25, 0.3) is 8.48 Å². The van der Waals surface area contributed by atoms with Crippen molar-refractivity contribution in [1.29, 1.82) is 0 Å². The van der Waals surface area contributed by atoms with E-state index < -0.39 is 8.48 Å². The van der Waals surface area contributed by atoms with Crippen LogP contribution in [0, 0.1) is 0 Å². The first-order chi connectivity index (χ1) is 6.73. The van der Waals surface area contributed by atoms with Crippen LogP contribution >= 0.6 is 0 Å². The highest BCUT2D eigenvalue weighted by atomic mass is 28.4. The van der Waals surface area contributed by atoms with E-state index in [0.717, 1.165) is 12.5 Å². The molecule has 0 aliphatic heterocycles. The first-order valence-electron chi connectivity index (χ1n) is 5.21. The van der Waals surface area contributed by atoms with Gasteiger partial charge in [-0.3, -0.25) is 0 Å². The lowest BCUT2D eigenvalue weighted by molar-refractivity contribution is 0.329. The number of benzene rings is 1. The molecule has 14 heavy (non-hydrogen) atoms. The molecule has 0 amide bonds. The monoisotopic (exact) mass is 209 g/mol. The molecule has 0 heterocycles. The molecule has 0 radical (unpaired) electrons. The molecule has 0 spiro atoms. The van der Waals surface area contributed by atoms with Crippen molar-refractivity contribution in [1.82, 2.24) is 0 Å². The van der Waals surface area contributed by atoms with Crippen LogP contribution in [0.2, 0.25) is 6.04 Å². The van der Waals surface area contributed by atoms with Crippen LogP contribution < -0.4 is 10.6 Å². The zero-order valence-corrected chi connectivity index (χ0v) is 9.99. The third-order valence-corrected chi connectivity index (χ3v) is 5.64. The Balaban J connectivity index is 2.87. The quantitative estimate of drug-likeness (QED) is 0.750. The van der Waals surface area contributed by atoms with Crippen LogP contribution in [-0.2, 0) is 4.43 Å². The van der Waals surface area contributed by atoms with Crippen molar-refractivity contribution in [2.24, 2.45) is 5.40 Å². The minimum Gasteiger partial charge on any atom is -0.400 e. The normalized spacial score (nSPS) is 15.1. The van der Waals surface area contributed by atoms with E-state index in [1.807, 2.05) is 25.1 Å². The van der Waals surface area contributed by atoms with E-state index in [2.05, 4.69) is 19.1 Å². The van der Waals surface area contributed by atoms with Crippen molar-refractivity contribution in [3.05, 3.63) is 30.3 Å². The molecular formula is C11H19NOSi. The van der Waals surface area contributed by atoms with Gasteiger partial charge < -0.3 is 9.83 Å². The second kappa shape index (κ2) is 5.29. The Bertz CT molecular complexity index is 257. The fourth-order valence-corrected chi connectivity index (χ4v) is 4.26. The van der Waals surface area contributed by atoms with E-state index >= 15 is 0 Å². The minimum atomic E-state index is -2.13.